The summed E-state index contributed by atoms with van der Waals surface area (Å²) in [4.78, 5) is 0. The first-order valence-electron chi connectivity index (χ1n) is 4.13. The molecule has 0 radical (unpaired) electrons. The highest BCUT2D eigenvalue weighted by atomic mass is 79.9. The number of aromatic nitrogens is 2. The number of hydrogen-bond acceptors (Lipinski definition) is 1. The summed E-state index contributed by atoms with van der Waals surface area (Å²) >= 11 is 3.29. The lowest BCUT2D eigenvalue weighted by atomic mass is 10.2. The minimum Gasteiger partial charge on any atom is -0.240 e. The molecule has 14 heavy (non-hydrogen) atoms. The van der Waals surface area contributed by atoms with Gasteiger partial charge in [0.2, 0.25) is 0 Å². The second kappa shape index (κ2) is 3.53. The quantitative estimate of drug-likeness (QED) is 0.765. The highest BCUT2D eigenvalue weighted by molar-refractivity contribution is 9.10. The number of rotatable bonds is 1. The summed E-state index contributed by atoms with van der Waals surface area (Å²) in [6.45, 7) is 1.73. The third kappa shape index (κ3) is 1.70. The van der Waals surface area contributed by atoms with E-state index in [1.54, 1.807) is 30.1 Å². The molecule has 0 aliphatic carbocycles. The molecule has 0 spiro atoms. The summed E-state index contributed by atoms with van der Waals surface area (Å²) in [7, 11) is 0. The second-order valence-corrected chi connectivity index (χ2v) is 3.95. The molecule has 0 aliphatic heterocycles. The van der Waals surface area contributed by atoms with Gasteiger partial charge in [-0.2, -0.15) is 5.10 Å². The Morgan fingerprint density at radius 3 is 2.79 bits per heavy atom. The van der Waals surface area contributed by atoms with E-state index in [1.165, 1.54) is 6.07 Å². The Kier molecular flexibility index (Phi) is 2.37. The zero-order chi connectivity index (χ0) is 10.1. The van der Waals surface area contributed by atoms with Gasteiger partial charge in [0.05, 0.1) is 16.4 Å². The van der Waals surface area contributed by atoms with Crippen LogP contribution in [0.5, 0.6) is 0 Å². The van der Waals surface area contributed by atoms with E-state index in [-0.39, 0.29) is 5.82 Å². The number of benzene rings is 1. The summed E-state index contributed by atoms with van der Waals surface area (Å²) in [5, 5.41) is 4.06. The maximum atomic E-state index is 13.2. The Labute approximate surface area is 89.5 Å². The Balaban J connectivity index is 2.47. The third-order valence-corrected chi connectivity index (χ3v) is 2.38. The molecule has 4 heteroatoms. The highest BCUT2D eigenvalue weighted by Gasteiger charge is 2.02. The molecule has 0 unspecified atom stereocenters. The lowest BCUT2D eigenvalue weighted by Crippen LogP contribution is -1.95. The molecule has 0 aliphatic rings. The molecule has 0 atom stereocenters. The van der Waals surface area contributed by atoms with Crippen molar-refractivity contribution in [3.63, 3.8) is 0 Å². The summed E-state index contributed by atoms with van der Waals surface area (Å²) < 4.78 is 15.7. The van der Waals surface area contributed by atoms with Gasteiger partial charge in [-0.25, -0.2) is 9.07 Å². The first kappa shape index (κ1) is 9.40. The Hall–Kier alpha value is -1.16. The molecule has 0 saturated carbocycles. The lowest BCUT2D eigenvalue weighted by Gasteiger charge is -2.02. The molecular weight excluding hydrogens is 247 g/mol. The smallest absolute Gasteiger partial charge is 0.128 e. The maximum Gasteiger partial charge on any atom is 0.128 e. The number of aryl methyl sites for hydroxylation is 1. The molecule has 0 bridgehead atoms. The molecule has 2 rings (SSSR count). The van der Waals surface area contributed by atoms with Gasteiger partial charge < -0.3 is 0 Å². The first-order valence-corrected chi connectivity index (χ1v) is 4.93. The van der Waals surface area contributed by atoms with E-state index < -0.39 is 0 Å². The fourth-order valence-electron chi connectivity index (χ4n) is 1.17. The van der Waals surface area contributed by atoms with Crippen LogP contribution in [0.2, 0.25) is 0 Å². The molecule has 0 amide bonds. The van der Waals surface area contributed by atoms with Crippen LogP contribution in [0.4, 0.5) is 4.39 Å². The minimum absolute atomic E-state index is 0.214. The molecule has 1 aromatic carbocycles. The SMILES string of the molecule is Cc1ccc(-n2cc(Br)cn2)cc1F. The van der Waals surface area contributed by atoms with Gasteiger partial charge in [0.25, 0.3) is 0 Å². The van der Waals surface area contributed by atoms with Crippen molar-refractivity contribution >= 4 is 15.9 Å². The highest BCUT2D eigenvalue weighted by Crippen LogP contribution is 2.15. The molecule has 72 valence electrons. The summed E-state index contributed by atoms with van der Waals surface area (Å²) in [6, 6.07) is 5.03. The molecule has 2 nitrogen and oxygen atoms in total. The molecule has 0 N–H and O–H groups in total. The van der Waals surface area contributed by atoms with Crippen molar-refractivity contribution in [3.05, 3.63) is 46.4 Å². The van der Waals surface area contributed by atoms with E-state index in [9.17, 15) is 4.39 Å². The largest absolute Gasteiger partial charge is 0.240 e. The fourth-order valence-corrected chi connectivity index (χ4v) is 1.45. The standard InChI is InChI=1S/C10H8BrFN2/c1-7-2-3-9(4-10(7)12)14-6-8(11)5-13-14/h2-6H,1H3. The van der Waals surface area contributed by atoms with E-state index in [0.717, 1.165) is 10.2 Å². The average molecular weight is 255 g/mol. The van der Waals surface area contributed by atoms with Crippen molar-refractivity contribution in [2.75, 3.05) is 0 Å². The van der Waals surface area contributed by atoms with Crippen LogP contribution in [-0.2, 0) is 0 Å². The molecule has 1 aromatic heterocycles. The van der Waals surface area contributed by atoms with E-state index in [4.69, 9.17) is 0 Å². The van der Waals surface area contributed by atoms with Gasteiger partial charge in [-0.1, -0.05) is 6.07 Å². The monoisotopic (exact) mass is 254 g/mol. The fraction of sp³-hybridized carbons (Fsp3) is 0.100. The van der Waals surface area contributed by atoms with Crippen LogP contribution in [0, 0.1) is 12.7 Å². The van der Waals surface area contributed by atoms with Crippen molar-refractivity contribution in [3.8, 4) is 5.69 Å². The van der Waals surface area contributed by atoms with Crippen molar-refractivity contribution in [2.24, 2.45) is 0 Å². The molecule has 0 fully saturated rings. The van der Waals surface area contributed by atoms with E-state index in [0.29, 0.717) is 5.56 Å². The van der Waals surface area contributed by atoms with Crippen LogP contribution in [0.25, 0.3) is 5.69 Å². The summed E-state index contributed by atoms with van der Waals surface area (Å²) in [6.07, 6.45) is 3.45. The van der Waals surface area contributed by atoms with E-state index >= 15 is 0 Å². The van der Waals surface area contributed by atoms with Crippen LogP contribution in [-0.4, -0.2) is 9.78 Å². The van der Waals surface area contributed by atoms with Gasteiger partial charge in [-0.15, -0.1) is 0 Å². The maximum absolute atomic E-state index is 13.2. The number of hydrogen-bond donors (Lipinski definition) is 0. The van der Waals surface area contributed by atoms with Crippen LogP contribution in [0.15, 0.2) is 35.1 Å². The Morgan fingerprint density at radius 1 is 1.43 bits per heavy atom. The van der Waals surface area contributed by atoms with Crippen LogP contribution in [0.3, 0.4) is 0 Å². The molecule has 0 saturated heterocycles. The van der Waals surface area contributed by atoms with Crippen LogP contribution >= 0.6 is 15.9 Å². The van der Waals surface area contributed by atoms with E-state index in [2.05, 4.69) is 21.0 Å². The van der Waals surface area contributed by atoms with Crippen molar-refractivity contribution in [2.45, 2.75) is 6.92 Å². The molecular formula is C10H8BrFN2. The summed E-state index contributed by atoms with van der Waals surface area (Å²) in [5.74, 6) is -0.214. The zero-order valence-electron chi connectivity index (χ0n) is 7.54. The van der Waals surface area contributed by atoms with Gasteiger partial charge in [0, 0.05) is 6.20 Å². The zero-order valence-corrected chi connectivity index (χ0v) is 9.12. The van der Waals surface area contributed by atoms with Crippen molar-refractivity contribution < 1.29 is 4.39 Å². The lowest BCUT2D eigenvalue weighted by molar-refractivity contribution is 0.616. The van der Waals surface area contributed by atoms with Gasteiger partial charge in [-0.3, -0.25) is 0 Å². The second-order valence-electron chi connectivity index (χ2n) is 3.04. The van der Waals surface area contributed by atoms with Crippen LogP contribution in [0.1, 0.15) is 5.56 Å². The summed E-state index contributed by atoms with van der Waals surface area (Å²) in [5.41, 5.74) is 1.36. The topological polar surface area (TPSA) is 17.8 Å². The number of nitrogens with zero attached hydrogens (tertiary/aromatic N) is 2. The van der Waals surface area contributed by atoms with Gasteiger partial charge in [-0.05, 0) is 40.5 Å². The molecule has 2 aromatic rings. The predicted octanol–water partition coefficient (Wildman–Crippen LogP) is 3.08. The van der Waals surface area contributed by atoms with Gasteiger partial charge >= 0.3 is 0 Å². The third-order valence-electron chi connectivity index (χ3n) is 1.97. The van der Waals surface area contributed by atoms with Gasteiger partial charge in [0.15, 0.2) is 0 Å². The normalized spacial score (nSPS) is 10.5. The van der Waals surface area contributed by atoms with E-state index in [1.807, 2.05) is 6.07 Å². The van der Waals surface area contributed by atoms with Crippen molar-refractivity contribution in [1.82, 2.24) is 9.78 Å². The van der Waals surface area contributed by atoms with Gasteiger partial charge in [0.1, 0.15) is 5.82 Å². The predicted molar refractivity (Wildman–Crippen MR) is 56.0 cm³/mol. The minimum atomic E-state index is -0.214. The Morgan fingerprint density at radius 2 is 2.21 bits per heavy atom. The average Bonchev–Trinajstić information content (AvgIpc) is 2.57. The first-order chi connectivity index (χ1) is 6.66. The Bertz CT molecular complexity index is 465. The molecule has 1 heterocycles. The number of halogens is 2. The van der Waals surface area contributed by atoms with Crippen LogP contribution < -0.4 is 0 Å². The van der Waals surface area contributed by atoms with Crippen molar-refractivity contribution in [1.29, 1.82) is 0 Å².